The van der Waals surface area contributed by atoms with E-state index in [1.54, 1.807) is 0 Å². The van der Waals surface area contributed by atoms with E-state index in [1.165, 1.54) is 11.1 Å². The number of benzene rings is 1. The molecule has 0 saturated heterocycles. The third-order valence-electron chi connectivity index (χ3n) is 2.65. The minimum atomic E-state index is 1.04. The summed E-state index contributed by atoms with van der Waals surface area (Å²) in [5.41, 5.74) is 5.65. The first kappa shape index (κ1) is 10.6. The quantitative estimate of drug-likeness (QED) is 0.728. The second-order valence-electron chi connectivity index (χ2n) is 3.94. The number of hydrogen-bond donors (Lipinski definition) is 0. The molecule has 0 atom stereocenters. The number of hydrogen-bond acceptors (Lipinski definition) is 1. The lowest BCUT2D eigenvalue weighted by Crippen LogP contribution is -1.89. The van der Waals surface area contributed by atoms with Crippen molar-refractivity contribution in [1.29, 1.82) is 0 Å². The number of nitrogens with zero attached hydrogens (tertiary/aromatic N) is 1. The number of aromatic nitrogens is 1. The van der Waals surface area contributed by atoms with E-state index in [2.05, 4.69) is 36.7 Å². The van der Waals surface area contributed by atoms with Crippen molar-refractivity contribution in [2.45, 2.75) is 13.8 Å². The molecule has 16 heavy (non-hydrogen) atoms. The lowest BCUT2D eigenvalue weighted by molar-refractivity contribution is 1.20. The fourth-order valence-electron chi connectivity index (χ4n) is 1.79. The van der Waals surface area contributed by atoms with Crippen LogP contribution in [0.4, 0.5) is 0 Å². The van der Waals surface area contributed by atoms with E-state index in [-0.39, 0.29) is 0 Å². The Hall–Kier alpha value is -1.89. The van der Waals surface area contributed by atoms with Gasteiger partial charge in [-0.05, 0) is 37.1 Å². The standard InChI is InChI=1S/C15H15N/c1-4-13-8-9-14(11(2)10-13)15-7-5-6-12(3)16-15/h4-10H,1H2,2-3H3. The van der Waals surface area contributed by atoms with Crippen molar-refractivity contribution in [1.82, 2.24) is 4.98 Å². The van der Waals surface area contributed by atoms with Gasteiger partial charge < -0.3 is 0 Å². The highest BCUT2D eigenvalue weighted by Gasteiger charge is 2.03. The molecule has 0 unspecified atom stereocenters. The lowest BCUT2D eigenvalue weighted by Gasteiger charge is -2.07. The smallest absolute Gasteiger partial charge is 0.0707 e. The van der Waals surface area contributed by atoms with Gasteiger partial charge in [0.2, 0.25) is 0 Å². The lowest BCUT2D eigenvalue weighted by atomic mass is 10.0. The summed E-state index contributed by atoms with van der Waals surface area (Å²) in [6, 6.07) is 12.4. The zero-order valence-electron chi connectivity index (χ0n) is 9.70. The molecule has 0 N–H and O–H groups in total. The van der Waals surface area contributed by atoms with Crippen molar-refractivity contribution in [2.75, 3.05) is 0 Å². The molecular formula is C15H15N. The molecule has 1 heterocycles. The highest BCUT2D eigenvalue weighted by molar-refractivity contribution is 5.66. The SMILES string of the molecule is C=Cc1ccc(-c2cccc(C)n2)c(C)c1. The molecule has 1 nitrogen and oxygen atoms in total. The highest BCUT2D eigenvalue weighted by Crippen LogP contribution is 2.22. The van der Waals surface area contributed by atoms with Crippen LogP contribution in [0.2, 0.25) is 0 Å². The Kier molecular flexibility index (Phi) is 2.86. The summed E-state index contributed by atoms with van der Waals surface area (Å²) in [5, 5.41) is 0. The van der Waals surface area contributed by atoms with Gasteiger partial charge >= 0.3 is 0 Å². The molecule has 0 fully saturated rings. The normalized spacial score (nSPS) is 10.1. The molecule has 1 aromatic heterocycles. The zero-order chi connectivity index (χ0) is 11.5. The van der Waals surface area contributed by atoms with Crippen molar-refractivity contribution >= 4 is 6.08 Å². The van der Waals surface area contributed by atoms with Gasteiger partial charge in [-0.15, -0.1) is 0 Å². The Morgan fingerprint density at radius 3 is 2.56 bits per heavy atom. The van der Waals surface area contributed by atoms with Crippen molar-refractivity contribution in [2.24, 2.45) is 0 Å². The molecule has 1 aromatic carbocycles. The summed E-state index contributed by atoms with van der Waals surface area (Å²) in [5.74, 6) is 0. The summed E-state index contributed by atoms with van der Waals surface area (Å²) in [7, 11) is 0. The maximum absolute atomic E-state index is 4.53. The van der Waals surface area contributed by atoms with Gasteiger partial charge in [-0.2, -0.15) is 0 Å². The molecular weight excluding hydrogens is 194 g/mol. The van der Waals surface area contributed by atoms with Gasteiger partial charge in [0.05, 0.1) is 5.69 Å². The molecule has 0 amide bonds. The van der Waals surface area contributed by atoms with E-state index in [0.29, 0.717) is 0 Å². The van der Waals surface area contributed by atoms with Crippen LogP contribution >= 0.6 is 0 Å². The Morgan fingerprint density at radius 2 is 1.94 bits per heavy atom. The first-order chi connectivity index (χ1) is 7.70. The predicted octanol–water partition coefficient (Wildman–Crippen LogP) is 4.01. The summed E-state index contributed by atoms with van der Waals surface area (Å²) >= 11 is 0. The molecule has 2 rings (SSSR count). The maximum atomic E-state index is 4.53. The monoisotopic (exact) mass is 209 g/mol. The number of pyridine rings is 1. The van der Waals surface area contributed by atoms with Crippen molar-refractivity contribution in [3.8, 4) is 11.3 Å². The Balaban J connectivity index is 2.52. The van der Waals surface area contributed by atoms with Gasteiger partial charge in [0.25, 0.3) is 0 Å². The molecule has 0 bridgehead atoms. The van der Waals surface area contributed by atoms with Gasteiger partial charge in [0, 0.05) is 11.3 Å². The van der Waals surface area contributed by atoms with Gasteiger partial charge in [-0.25, -0.2) is 0 Å². The first-order valence-corrected chi connectivity index (χ1v) is 5.38. The van der Waals surface area contributed by atoms with Crippen LogP contribution in [0.15, 0.2) is 43.0 Å². The Bertz CT molecular complexity index is 527. The van der Waals surface area contributed by atoms with Crippen LogP contribution in [0.5, 0.6) is 0 Å². The second-order valence-corrected chi connectivity index (χ2v) is 3.94. The van der Waals surface area contributed by atoms with Gasteiger partial charge in [0.1, 0.15) is 0 Å². The second kappa shape index (κ2) is 4.31. The molecule has 2 aromatic rings. The predicted molar refractivity (Wildman–Crippen MR) is 69.2 cm³/mol. The molecule has 0 saturated carbocycles. The molecule has 0 radical (unpaired) electrons. The molecule has 0 aliphatic heterocycles. The molecule has 0 aliphatic rings. The van der Waals surface area contributed by atoms with Gasteiger partial charge in [-0.1, -0.05) is 36.9 Å². The third kappa shape index (κ3) is 2.03. The van der Waals surface area contributed by atoms with Crippen LogP contribution in [0, 0.1) is 13.8 Å². The fourth-order valence-corrected chi connectivity index (χ4v) is 1.79. The van der Waals surface area contributed by atoms with Gasteiger partial charge in [-0.3, -0.25) is 4.98 Å². The van der Waals surface area contributed by atoms with E-state index < -0.39 is 0 Å². The highest BCUT2D eigenvalue weighted by atomic mass is 14.7. The van der Waals surface area contributed by atoms with E-state index >= 15 is 0 Å². The zero-order valence-corrected chi connectivity index (χ0v) is 9.70. The van der Waals surface area contributed by atoms with Crippen LogP contribution in [0.3, 0.4) is 0 Å². The van der Waals surface area contributed by atoms with Crippen LogP contribution in [-0.2, 0) is 0 Å². The van der Waals surface area contributed by atoms with E-state index in [4.69, 9.17) is 0 Å². The summed E-state index contributed by atoms with van der Waals surface area (Å²) in [6.45, 7) is 7.89. The number of rotatable bonds is 2. The minimum absolute atomic E-state index is 1.04. The Morgan fingerprint density at radius 1 is 1.12 bits per heavy atom. The van der Waals surface area contributed by atoms with Crippen LogP contribution in [0.25, 0.3) is 17.3 Å². The average molecular weight is 209 g/mol. The largest absolute Gasteiger partial charge is 0.253 e. The third-order valence-corrected chi connectivity index (χ3v) is 2.65. The molecule has 0 aliphatic carbocycles. The van der Waals surface area contributed by atoms with Crippen LogP contribution < -0.4 is 0 Å². The molecule has 0 spiro atoms. The summed E-state index contributed by atoms with van der Waals surface area (Å²) in [6.07, 6.45) is 1.86. The van der Waals surface area contributed by atoms with E-state index in [0.717, 1.165) is 17.0 Å². The van der Waals surface area contributed by atoms with E-state index in [1.807, 2.05) is 31.2 Å². The Labute approximate surface area is 96.5 Å². The van der Waals surface area contributed by atoms with Crippen LogP contribution in [-0.4, -0.2) is 4.98 Å². The topological polar surface area (TPSA) is 12.9 Å². The molecule has 1 heteroatoms. The van der Waals surface area contributed by atoms with Crippen molar-refractivity contribution in [3.63, 3.8) is 0 Å². The summed E-state index contributed by atoms with van der Waals surface area (Å²) < 4.78 is 0. The van der Waals surface area contributed by atoms with Gasteiger partial charge in [0.15, 0.2) is 0 Å². The maximum Gasteiger partial charge on any atom is 0.0707 e. The molecule has 80 valence electrons. The van der Waals surface area contributed by atoms with E-state index in [9.17, 15) is 0 Å². The van der Waals surface area contributed by atoms with Crippen molar-refractivity contribution in [3.05, 3.63) is 59.8 Å². The van der Waals surface area contributed by atoms with Crippen LogP contribution in [0.1, 0.15) is 16.8 Å². The fraction of sp³-hybridized carbons (Fsp3) is 0.133. The number of aryl methyl sites for hydroxylation is 2. The summed E-state index contributed by atoms with van der Waals surface area (Å²) in [4.78, 5) is 4.53. The average Bonchev–Trinajstić information content (AvgIpc) is 2.28. The first-order valence-electron chi connectivity index (χ1n) is 5.38. The minimum Gasteiger partial charge on any atom is -0.253 e. The van der Waals surface area contributed by atoms with Crippen molar-refractivity contribution < 1.29 is 0 Å².